The number of nitrogens with one attached hydrogen (secondary N) is 1. The molecule has 0 saturated carbocycles. The lowest BCUT2D eigenvalue weighted by atomic mass is 10.2. The van der Waals surface area contributed by atoms with Crippen LogP contribution in [0.1, 0.15) is 19.8 Å². The highest BCUT2D eigenvalue weighted by Gasteiger charge is 2.22. The van der Waals surface area contributed by atoms with Gasteiger partial charge in [0.15, 0.2) is 9.84 Å². The maximum Gasteiger partial charge on any atom is 0.237 e. The molecule has 0 radical (unpaired) electrons. The molecule has 1 aliphatic heterocycles. The molecule has 1 unspecified atom stereocenters. The summed E-state index contributed by atoms with van der Waals surface area (Å²) >= 11 is 0. The Kier molecular flexibility index (Phi) is 4.73. The van der Waals surface area contributed by atoms with Crippen LogP contribution in [0.15, 0.2) is 0 Å². The summed E-state index contributed by atoms with van der Waals surface area (Å²) in [6, 6.07) is 0.323. The molecule has 16 heavy (non-hydrogen) atoms. The van der Waals surface area contributed by atoms with E-state index in [1.165, 1.54) is 0 Å². The Labute approximate surface area is 97.1 Å². The minimum atomic E-state index is -3.22. The molecule has 1 amide bonds. The van der Waals surface area contributed by atoms with E-state index in [9.17, 15) is 13.2 Å². The second-order valence-electron chi connectivity index (χ2n) is 4.30. The molecule has 0 aromatic carbocycles. The smallest absolute Gasteiger partial charge is 0.237 e. The van der Waals surface area contributed by atoms with Crippen LogP contribution < -0.4 is 5.32 Å². The normalized spacial score (nSPS) is 21.0. The Hall–Kier alpha value is -0.620. The second-order valence-corrected chi connectivity index (χ2v) is 6.44. The maximum absolute atomic E-state index is 11.7. The minimum absolute atomic E-state index is 0.293. The van der Waals surface area contributed by atoms with Crippen LogP contribution in [0.3, 0.4) is 0 Å². The first-order valence-electron chi connectivity index (χ1n) is 5.61. The molecule has 1 fully saturated rings. The molecule has 1 N–H and O–H groups in total. The monoisotopic (exact) mass is 248 g/mol. The van der Waals surface area contributed by atoms with Crippen molar-refractivity contribution in [1.29, 1.82) is 0 Å². The quantitative estimate of drug-likeness (QED) is 0.721. The second kappa shape index (κ2) is 5.63. The number of hydrogen-bond acceptors (Lipinski definition) is 4. The Balaban J connectivity index is 2.49. The summed E-state index contributed by atoms with van der Waals surface area (Å²) in [5.41, 5.74) is 0. The van der Waals surface area contributed by atoms with Crippen LogP contribution in [-0.4, -0.2) is 56.9 Å². The molecule has 0 aromatic heterocycles. The van der Waals surface area contributed by atoms with Crippen molar-refractivity contribution in [2.45, 2.75) is 25.8 Å². The summed E-state index contributed by atoms with van der Waals surface area (Å²) < 4.78 is 22.1. The van der Waals surface area contributed by atoms with Crippen molar-refractivity contribution in [3.63, 3.8) is 0 Å². The summed E-state index contributed by atoms with van der Waals surface area (Å²) in [5, 5.41) is 3.30. The number of likely N-dealkylation sites (N-methyl/N-ethyl adjacent to an activating group) is 1. The summed E-state index contributed by atoms with van der Waals surface area (Å²) in [6.45, 7) is 4.04. The first-order chi connectivity index (χ1) is 7.42. The van der Waals surface area contributed by atoms with Gasteiger partial charge in [0.2, 0.25) is 5.91 Å². The van der Waals surface area contributed by atoms with Crippen molar-refractivity contribution >= 4 is 15.7 Å². The highest BCUT2D eigenvalue weighted by atomic mass is 32.2. The van der Waals surface area contributed by atoms with Crippen molar-refractivity contribution in [2.24, 2.45) is 0 Å². The van der Waals surface area contributed by atoms with E-state index < -0.39 is 9.84 Å². The molecule has 0 aromatic rings. The molecule has 0 spiro atoms. The highest BCUT2D eigenvalue weighted by Crippen LogP contribution is 2.07. The van der Waals surface area contributed by atoms with Crippen LogP contribution in [0.2, 0.25) is 0 Å². The molecule has 0 aliphatic carbocycles. The molecular formula is C10H20N2O3S. The lowest BCUT2D eigenvalue weighted by molar-refractivity contribution is -0.128. The van der Waals surface area contributed by atoms with E-state index in [0.29, 0.717) is 19.1 Å². The zero-order valence-electron chi connectivity index (χ0n) is 9.90. The first kappa shape index (κ1) is 13.4. The van der Waals surface area contributed by atoms with Gasteiger partial charge in [0.25, 0.3) is 0 Å². The van der Waals surface area contributed by atoms with Gasteiger partial charge in [-0.3, -0.25) is 4.79 Å². The van der Waals surface area contributed by atoms with Gasteiger partial charge in [-0.15, -0.1) is 0 Å². The third-order valence-electron chi connectivity index (χ3n) is 2.72. The van der Waals surface area contributed by atoms with E-state index in [2.05, 4.69) is 5.32 Å². The molecule has 1 aliphatic rings. The maximum atomic E-state index is 11.7. The topological polar surface area (TPSA) is 66.5 Å². The van der Waals surface area contributed by atoms with E-state index >= 15 is 0 Å². The molecule has 1 rings (SSSR count). The average Bonchev–Trinajstić information content (AvgIpc) is 2.63. The van der Waals surface area contributed by atoms with E-state index in [-0.39, 0.29) is 11.7 Å². The van der Waals surface area contributed by atoms with Gasteiger partial charge in [0, 0.05) is 25.4 Å². The minimum Gasteiger partial charge on any atom is -0.341 e. The van der Waals surface area contributed by atoms with Crippen LogP contribution in [0, 0.1) is 0 Å². The van der Waals surface area contributed by atoms with E-state index in [1.54, 1.807) is 4.90 Å². The van der Waals surface area contributed by atoms with Crippen molar-refractivity contribution in [3.8, 4) is 0 Å². The van der Waals surface area contributed by atoms with E-state index in [0.717, 1.165) is 25.6 Å². The van der Waals surface area contributed by atoms with Crippen LogP contribution in [0.5, 0.6) is 0 Å². The SMILES string of the molecule is CCN(CC1CCCN1)C(=O)CS(C)(=O)=O. The predicted molar refractivity (Wildman–Crippen MR) is 63.0 cm³/mol. The Bertz CT molecular complexity index is 334. The average molecular weight is 248 g/mol. The Morgan fingerprint density at radius 1 is 1.50 bits per heavy atom. The van der Waals surface area contributed by atoms with E-state index in [4.69, 9.17) is 0 Å². The number of amides is 1. The fourth-order valence-electron chi connectivity index (χ4n) is 1.90. The molecule has 0 bridgehead atoms. The number of carbonyl (C=O) groups excluding carboxylic acids is 1. The standard InChI is InChI=1S/C10H20N2O3S/c1-3-12(7-9-5-4-6-11-9)10(13)8-16(2,14)15/h9,11H,3-8H2,1-2H3. The van der Waals surface area contributed by atoms with Gasteiger partial charge >= 0.3 is 0 Å². The molecule has 1 heterocycles. The fourth-order valence-corrected chi connectivity index (χ4v) is 2.53. The van der Waals surface area contributed by atoms with Crippen LogP contribution in [0.4, 0.5) is 0 Å². The largest absolute Gasteiger partial charge is 0.341 e. The summed E-state index contributed by atoms with van der Waals surface area (Å²) in [4.78, 5) is 13.3. The molecule has 94 valence electrons. The Morgan fingerprint density at radius 2 is 2.19 bits per heavy atom. The van der Waals surface area contributed by atoms with Crippen molar-refractivity contribution in [1.82, 2.24) is 10.2 Å². The lowest BCUT2D eigenvalue weighted by Gasteiger charge is -2.24. The summed E-state index contributed by atoms with van der Waals surface area (Å²) in [6.07, 6.45) is 3.28. The van der Waals surface area contributed by atoms with Crippen molar-refractivity contribution in [3.05, 3.63) is 0 Å². The number of carbonyl (C=O) groups is 1. The van der Waals surface area contributed by atoms with Crippen molar-refractivity contribution < 1.29 is 13.2 Å². The molecular weight excluding hydrogens is 228 g/mol. The number of sulfone groups is 1. The van der Waals surface area contributed by atoms with Gasteiger partial charge in [-0.05, 0) is 26.3 Å². The van der Waals surface area contributed by atoms with Gasteiger partial charge in [-0.2, -0.15) is 0 Å². The summed E-state index contributed by atoms with van der Waals surface area (Å²) in [5.74, 6) is -0.674. The number of nitrogens with zero attached hydrogens (tertiary/aromatic N) is 1. The van der Waals surface area contributed by atoms with Gasteiger partial charge in [-0.25, -0.2) is 8.42 Å². The van der Waals surface area contributed by atoms with Crippen LogP contribution in [-0.2, 0) is 14.6 Å². The summed E-state index contributed by atoms with van der Waals surface area (Å²) in [7, 11) is -3.22. The van der Waals surface area contributed by atoms with Gasteiger partial charge in [0.1, 0.15) is 5.75 Å². The number of hydrogen-bond donors (Lipinski definition) is 1. The van der Waals surface area contributed by atoms with Crippen molar-refractivity contribution in [2.75, 3.05) is 31.6 Å². The number of rotatable bonds is 5. The van der Waals surface area contributed by atoms with Crippen LogP contribution in [0.25, 0.3) is 0 Å². The first-order valence-corrected chi connectivity index (χ1v) is 7.67. The van der Waals surface area contributed by atoms with Crippen LogP contribution >= 0.6 is 0 Å². The zero-order valence-corrected chi connectivity index (χ0v) is 10.7. The molecule has 1 atom stereocenters. The molecule has 5 nitrogen and oxygen atoms in total. The Morgan fingerprint density at radius 3 is 2.62 bits per heavy atom. The van der Waals surface area contributed by atoms with Gasteiger partial charge in [0.05, 0.1) is 0 Å². The van der Waals surface area contributed by atoms with E-state index in [1.807, 2.05) is 6.92 Å². The fraction of sp³-hybridized carbons (Fsp3) is 0.900. The van der Waals surface area contributed by atoms with Gasteiger partial charge < -0.3 is 10.2 Å². The predicted octanol–water partition coefficient (Wildman–Crippen LogP) is -0.368. The van der Waals surface area contributed by atoms with Gasteiger partial charge in [-0.1, -0.05) is 0 Å². The molecule has 1 saturated heterocycles. The lowest BCUT2D eigenvalue weighted by Crippen LogP contribution is -2.43. The zero-order chi connectivity index (χ0) is 12.2. The molecule has 6 heteroatoms. The third-order valence-corrected chi connectivity index (χ3v) is 3.49. The highest BCUT2D eigenvalue weighted by molar-refractivity contribution is 7.91. The third kappa shape index (κ3) is 4.49.